The van der Waals surface area contributed by atoms with Gasteiger partial charge in [-0.1, -0.05) is 0 Å². The Hall–Kier alpha value is -0.900. The van der Waals surface area contributed by atoms with Gasteiger partial charge in [0.2, 0.25) is 11.2 Å². The summed E-state index contributed by atoms with van der Waals surface area (Å²) < 4.78 is 5.56. The summed E-state index contributed by atoms with van der Waals surface area (Å²) in [5.74, 6) is 0.479. The molecule has 1 aliphatic carbocycles. The molecule has 0 spiro atoms. The van der Waals surface area contributed by atoms with Crippen LogP contribution in [-0.2, 0) is 0 Å². The van der Waals surface area contributed by atoms with Crippen molar-refractivity contribution in [3.63, 3.8) is 0 Å². The number of ether oxygens (including phenoxy) is 1. The van der Waals surface area contributed by atoms with E-state index in [0.717, 1.165) is 12.8 Å². The van der Waals surface area contributed by atoms with Gasteiger partial charge in [0.05, 0.1) is 0 Å². The first kappa shape index (κ1) is 8.69. The molecule has 1 aromatic rings. The summed E-state index contributed by atoms with van der Waals surface area (Å²) in [5, 5.41) is 7.33. The Labute approximate surface area is 81.3 Å². The van der Waals surface area contributed by atoms with E-state index in [0.29, 0.717) is 5.88 Å². The highest BCUT2D eigenvalue weighted by Gasteiger charge is 2.17. The Morgan fingerprint density at radius 3 is 2.85 bits per heavy atom. The number of halogens is 1. The minimum absolute atomic E-state index is 0.135. The Morgan fingerprint density at radius 2 is 2.15 bits per heavy atom. The normalized spacial score (nSPS) is 17.6. The molecule has 0 amide bonds. The van der Waals surface area contributed by atoms with Crippen LogP contribution >= 0.6 is 11.6 Å². The third-order valence-corrected chi connectivity index (χ3v) is 2.26. The summed E-state index contributed by atoms with van der Waals surface area (Å²) in [4.78, 5) is 3.91. The van der Waals surface area contributed by atoms with Crippen LogP contribution < -0.4 is 4.74 Å². The Balaban J connectivity index is 2.00. The number of aromatic nitrogens is 3. The second-order valence-electron chi connectivity index (χ2n) is 3.09. The molecular weight excluding hydrogens is 190 g/mol. The topological polar surface area (TPSA) is 47.9 Å². The van der Waals surface area contributed by atoms with Gasteiger partial charge in [-0.15, -0.1) is 5.10 Å². The van der Waals surface area contributed by atoms with Crippen molar-refractivity contribution in [1.29, 1.82) is 0 Å². The number of hydrogen-bond acceptors (Lipinski definition) is 4. The van der Waals surface area contributed by atoms with E-state index in [2.05, 4.69) is 15.2 Å². The maximum absolute atomic E-state index is 5.57. The lowest BCUT2D eigenvalue weighted by Gasteiger charge is -2.10. The van der Waals surface area contributed by atoms with Crippen molar-refractivity contribution in [3.8, 4) is 5.88 Å². The van der Waals surface area contributed by atoms with E-state index in [-0.39, 0.29) is 11.4 Å². The summed E-state index contributed by atoms with van der Waals surface area (Å²) in [7, 11) is 0. The summed E-state index contributed by atoms with van der Waals surface area (Å²) in [5.41, 5.74) is 0. The molecule has 5 heteroatoms. The molecule has 1 fully saturated rings. The van der Waals surface area contributed by atoms with E-state index < -0.39 is 0 Å². The lowest BCUT2D eigenvalue weighted by Crippen LogP contribution is -2.12. The predicted octanol–water partition coefficient (Wildman–Crippen LogP) is 1.85. The van der Waals surface area contributed by atoms with Crippen molar-refractivity contribution in [3.05, 3.63) is 11.5 Å². The smallest absolute Gasteiger partial charge is 0.246 e. The first-order valence-electron chi connectivity index (χ1n) is 4.36. The fourth-order valence-corrected chi connectivity index (χ4v) is 1.63. The number of hydrogen-bond donors (Lipinski definition) is 0. The molecule has 0 atom stereocenters. The molecule has 2 rings (SSSR count). The van der Waals surface area contributed by atoms with Crippen LogP contribution in [0.1, 0.15) is 25.7 Å². The van der Waals surface area contributed by atoms with Crippen molar-refractivity contribution in [2.45, 2.75) is 31.8 Å². The molecule has 0 saturated heterocycles. The van der Waals surface area contributed by atoms with Gasteiger partial charge < -0.3 is 4.74 Å². The van der Waals surface area contributed by atoms with Gasteiger partial charge in [0, 0.05) is 0 Å². The molecule has 1 aromatic heterocycles. The van der Waals surface area contributed by atoms with Crippen LogP contribution in [0.3, 0.4) is 0 Å². The molecule has 0 bridgehead atoms. The van der Waals surface area contributed by atoms with Crippen molar-refractivity contribution >= 4 is 11.6 Å². The monoisotopic (exact) mass is 199 g/mol. The van der Waals surface area contributed by atoms with Crippen LogP contribution in [0, 0.1) is 0 Å². The summed E-state index contributed by atoms with van der Waals surface area (Å²) >= 11 is 5.57. The maximum atomic E-state index is 5.57. The van der Waals surface area contributed by atoms with Crippen LogP contribution in [0.4, 0.5) is 0 Å². The zero-order valence-electron chi connectivity index (χ0n) is 7.11. The first-order chi connectivity index (χ1) is 6.34. The van der Waals surface area contributed by atoms with Crippen molar-refractivity contribution in [1.82, 2.24) is 15.2 Å². The molecular formula is C8H10ClN3O. The average molecular weight is 200 g/mol. The van der Waals surface area contributed by atoms with E-state index in [4.69, 9.17) is 16.3 Å². The molecule has 13 heavy (non-hydrogen) atoms. The summed E-state index contributed by atoms with van der Waals surface area (Å²) in [6.45, 7) is 0. The molecule has 0 aliphatic heterocycles. The van der Waals surface area contributed by atoms with Crippen LogP contribution in [0.5, 0.6) is 5.88 Å². The standard InChI is InChI=1S/C8H10ClN3O/c9-8-11-7(5-10-12-8)13-6-3-1-2-4-6/h5-6H,1-4H2. The van der Waals surface area contributed by atoms with E-state index in [1.165, 1.54) is 19.0 Å². The molecule has 4 nitrogen and oxygen atoms in total. The zero-order valence-corrected chi connectivity index (χ0v) is 7.87. The maximum Gasteiger partial charge on any atom is 0.246 e. The van der Waals surface area contributed by atoms with Crippen molar-refractivity contribution < 1.29 is 4.74 Å². The van der Waals surface area contributed by atoms with Gasteiger partial charge in [0.1, 0.15) is 12.3 Å². The van der Waals surface area contributed by atoms with Gasteiger partial charge in [-0.25, -0.2) is 0 Å². The lowest BCUT2D eigenvalue weighted by atomic mass is 10.3. The van der Waals surface area contributed by atoms with Crippen molar-refractivity contribution in [2.24, 2.45) is 0 Å². The third kappa shape index (κ3) is 2.28. The van der Waals surface area contributed by atoms with Crippen LogP contribution in [-0.4, -0.2) is 21.3 Å². The predicted molar refractivity (Wildman–Crippen MR) is 47.7 cm³/mol. The van der Waals surface area contributed by atoms with Gasteiger partial charge in [-0.05, 0) is 37.3 Å². The molecule has 0 radical (unpaired) electrons. The zero-order chi connectivity index (χ0) is 9.10. The molecule has 70 valence electrons. The van der Waals surface area contributed by atoms with Gasteiger partial charge in [-0.3, -0.25) is 0 Å². The summed E-state index contributed by atoms with van der Waals surface area (Å²) in [6.07, 6.45) is 6.44. The average Bonchev–Trinajstić information content (AvgIpc) is 2.57. The number of nitrogens with zero attached hydrogens (tertiary/aromatic N) is 3. The van der Waals surface area contributed by atoms with E-state index in [9.17, 15) is 0 Å². The van der Waals surface area contributed by atoms with Crippen LogP contribution in [0.15, 0.2) is 6.20 Å². The van der Waals surface area contributed by atoms with E-state index >= 15 is 0 Å². The van der Waals surface area contributed by atoms with Gasteiger partial charge in [-0.2, -0.15) is 10.1 Å². The third-order valence-electron chi connectivity index (χ3n) is 2.10. The highest BCUT2D eigenvalue weighted by Crippen LogP contribution is 2.22. The SMILES string of the molecule is Clc1nncc(OC2CCCC2)n1. The highest BCUT2D eigenvalue weighted by atomic mass is 35.5. The minimum Gasteiger partial charge on any atom is -0.473 e. The lowest BCUT2D eigenvalue weighted by molar-refractivity contribution is 0.200. The second kappa shape index (κ2) is 3.87. The quantitative estimate of drug-likeness (QED) is 0.730. The van der Waals surface area contributed by atoms with Gasteiger partial charge in [0.25, 0.3) is 0 Å². The molecule has 0 unspecified atom stereocenters. The fraction of sp³-hybridized carbons (Fsp3) is 0.625. The fourth-order valence-electron chi connectivity index (χ4n) is 1.50. The van der Waals surface area contributed by atoms with E-state index in [1.807, 2.05) is 0 Å². The molecule has 1 saturated carbocycles. The van der Waals surface area contributed by atoms with Gasteiger partial charge in [0.15, 0.2) is 0 Å². The largest absolute Gasteiger partial charge is 0.473 e. The van der Waals surface area contributed by atoms with Crippen LogP contribution in [0.25, 0.3) is 0 Å². The van der Waals surface area contributed by atoms with Crippen molar-refractivity contribution in [2.75, 3.05) is 0 Å². The molecule has 0 N–H and O–H groups in total. The first-order valence-corrected chi connectivity index (χ1v) is 4.74. The second-order valence-corrected chi connectivity index (χ2v) is 3.43. The number of rotatable bonds is 2. The minimum atomic E-state index is 0.135. The Morgan fingerprint density at radius 1 is 1.38 bits per heavy atom. The molecule has 1 aliphatic rings. The summed E-state index contributed by atoms with van der Waals surface area (Å²) in [6, 6.07) is 0. The molecule has 0 aromatic carbocycles. The Bertz CT molecular complexity index is 288. The van der Waals surface area contributed by atoms with Crippen LogP contribution in [0.2, 0.25) is 5.28 Å². The van der Waals surface area contributed by atoms with E-state index in [1.54, 1.807) is 0 Å². The highest BCUT2D eigenvalue weighted by molar-refractivity contribution is 6.28. The molecule has 1 heterocycles. The van der Waals surface area contributed by atoms with Gasteiger partial charge >= 0.3 is 0 Å². The Kier molecular flexibility index (Phi) is 2.59.